The third-order valence-corrected chi connectivity index (χ3v) is 4.45. The number of aryl methyl sites for hydroxylation is 1. The molecule has 0 aliphatic heterocycles. The molecule has 0 radical (unpaired) electrons. The minimum absolute atomic E-state index is 0.283. The number of hydrogen-bond donors (Lipinski definition) is 0. The van der Waals surface area contributed by atoms with Crippen LogP contribution in [0.1, 0.15) is 71.3 Å². The molecule has 0 saturated carbocycles. The van der Waals surface area contributed by atoms with E-state index in [4.69, 9.17) is 18.9 Å². The van der Waals surface area contributed by atoms with Crippen molar-refractivity contribution in [2.24, 2.45) is 0 Å². The molecule has 1 aromatic rings. The van der Waals surface area contributed by atoms with Crippen molar-refractivity contribution in [1.29, 1.82) is 0 Å². The lowest BCUT2D eigenvalue weighted by Gasteiger charge is -2.16. The molecule has 0 spiro atoms. The SMILES string of the molecule is CCCCCCCCCc1ccc(O[C@@H](C)OCCOCCOCC)cc1. The summed E-state index contributed by atoms with van der Waals surface area (Å²) in [6.07, 6.45) is 10.3. The Labute approximate surface area is 166 Å². The van der Waals surface area contributed by atoms with Crippen LogP contribution in [0.5, 0.6) is 5.75 Å². The van der Waals surface area contributed by atoms with Crippen LogP contribution in [0.15, 0.2) is 24.3 Å². The Morgan fingerprint density at radius 3 is 2.07 bits per heavy atom. The minimum Gasteiger partial charge on any atom is -0.465 e. The van der Waals surface area contributed by atoms with Crippen LogP contribution in [-0.4, -0.2) is 39.3 Å². The summed E-state index contributed by atoms with van der Waals surface area (Å²) >= 11 is 0. The van der Waals surface area contributed by atoms with E-state index in [2.05, 4.69) is 19.1 Å². The van der Waals surface area contributed by atoms with E-state index in [0.29, 0.717) is 26.4 Å². The molecule has 0 fully saturated rings. The number of ether oxygens (including phenoxy) is 4. The zero-order chi connectivity index (χ0) is 19.6. The largest absolute Gasteiger partial charge is 0.465 e. The van der Waals surface area contributed by atoms with Gasteiger partial charge in [-0.2, -0.15) is 0 Å². The lowest BCUT2D eigenvalue weighted by atomic mass is 10.0. The Morgan fingerprint density at radius 1 is 0.741 bits per heavy atom. The van der Waals surface area contributed by atoms with Gasteiger partial charge in [-0.25, -0.2) is 0 Å². The van der Waals surface area contributed by atoms with Crippen LogP contribution in [0.2, 0.25) is 0 Å². The van der Waals surface area contributed by atoms with E-state index in [9.17, 15) is 0 Å². The Kier molecular flexibility index (Phi) is 15.1. The third-order valence-electron chi connectivity index (χ3n) is 4.45. The summed E-state index contributed by atoms with van der Waals surface area (Å²) in [6.45, 7) is 9.18. The van der Waals surface area contributed by atoms with Crippen molar-refractivity contribution in [1.82, 2.24) is 0 Å². The summed E-state index contributed by atoms with van der Waals surface area (Å²) < 4.78 is 22.0. The first-order valence-corrected chi connectivity index (χ1v) is 10.8. The van der Waals surface area contributed by atoms with Crippen molar-refractivity contribution >= 4 is 0 Å². The fourth-order valence-corrected chi connectivity index (χ4v) is 2.88. The summed E-state index contributed by atoms with van der Waals surface area (Å²) in [5.74, 6) is 0.850. The van der Waals surface area contributed by atoms with Crippen LogP contribution < -0.4 is 4.74 Å². The van der Waals surface area contributed by atoms with Gasteiger partial charge in [0.1, 0.15) is 5.75 Å². The van der Waals surface area contributed by atoms with E-state index in [1.807, 2.05) is 26.0 Å². The second-order valence-electron chi connectivity index (χ2n) is 6.88. The number of rotatable bonds is 18. The van der Waals surface area contributed by atoms with Crippen molar-refractivity contribution < 1.29 is 18.9 Å². The van der Waals surface area contributed by atoms with Crippen LogP contribution in [0.3, 0.4) is 0 Å². The van der Waals surface area contributed by atoms with Gasteiger partial charge in [0, 0.05) is 6.61 Å². The molecule has 0 aliphatic carbocycles. The Bertz CT molecular complexity index is 433. The monoisotopic (exact) mass is 380 g/mol. The first-order valence-electron chi connectivity index (χ1n) is 10.8. The standard InChI is InChI=1S/C23H40O4/c1-4-6-7-8-9-10-11-12-22-13-15-23(16-14-22)27-21(3)26-20-19-25-18-17-24-5-2/h13-16,21H,4-12,17-20H2,1-3H3/t21-/m0/s1. The predicted octanol–water partition coefficient (Wildman–Crippen LogP) is 5.77. The fraction of sp³-hybridized carbons (Fsp3) is 0.739. The molecule has 1 rings (SSSR count). The maximum Gasteiger partial charge on any atom is 0.197 e. The smallest absolute Gasteiger partial charge is 0.197 e. The first kappa shape index (κ1) is 23.9. The van der Waals surface area contributed by atoms with E-state index < -0.39 is 0 Å². The molecule has 0 amide bonds. The average Bonchev–Trinajstić information content (AvgIpc) is 2.68. The number of benzene rings is 1. The van der Waals surface area contributed by atoms with Crippen molar-refractivity contribution in [2.45, 2.75) is 78.4 Å². The van der Waals surface area contributed by atoms with Gasteiger partial charge >= 0.3 is 0 Å². The van der Waals surface area contributed by atoms with Crippen LogP contribution >= 0.6 is 0 Å². The van der Waals surface area contributed by atoms with E-state index in [0.717, 1.165) is 18.8 Å². The van der Waals surface area contributed by atoms with Gasteiger partial charge in [-0.1, -0.05) is 57.6 Å². The summed E-state index contributed by atoms with van der Waals surface area (Å²) in [4.78, 5) is 0. The van der Waals surface area contributed by atoms with Gasteiger partial charge in [0.2, 0.25) is 0 Å². The van der Waals surface area contributed by atoms with Crippen LogP contribution in [0.25, 0.3) is 0 Å². The van der Waals surface area contributed by atoms with E-state index in [-0.39, 0.29) is 6.29 Å². The molecule has 27 heavy (non-hydrogen) atoms. The lowest BCUT2D eigenvalue weighted by molar-refractivity contribution is -0.0859. The molecule has 1 atom stereocenters. The van der Waals surface area contributed by atoms with Gasteiger partial charge < -0.3 is 18.9 Å². The van der Waals surface area contributed by atoms with Crippen molar-refractivity contribution in [3.63, 3.8) is 0 Å². The third kappa shape index (κ3) is 13.7. The molecule has 0 N–H and O–H groups in total. The highest BCUT2D eigenvalue weighted by Gasteiger charge is 2.04. The summed E-state index contributed by atoms with van der Waals surface area (Å²) in [5.41, 5.74) is 1.38. The molecule has 0 heterocycles. The highest BCUT2D eigenvalue weighted by atomic mass is 16.7. The number of unbranched alkanes of at least 4 members (excludes halogenated alkanes) is 6. The second kappa shape index (κ2) is 17.0. The highest BCUT2D eigenvalue weighted by molar-refractivity contribution is 5.27. The predicted molar refractivity (Wildman–Crippen MR) is 111 cm³/mol. The topological polar surface area (TPSA) is 36.9 Å². The van der Waals surface area contributed by atoms with Gasteiger partial charge in [-0.15, -0.1) is 0 Å². The molecular weight excluding hydrogens is 340 g/mol. The number of hydrogen-bond acceptors (Lipinski definition) is 4. The molecule has 0 unspecified atom stereocenters. The molecule has 0 saturated heterocycles. The maximum absolute atomic E-state index is 5.79. The molecule has 0 aliphatic rings. The van der Waals surface area contributed by atoms with Gasteiger partial charge in [0.15, 0.2) is 6.29 Å². The molecular formula is C23H40O4. The molecule has 156 valence electrons. The van der Waals surface area contributed by atoms with Crippen LogP contribution in [0, 0.1) is 0 Å². The summed E-state index contributed by atoms with van der Waals surface area (Å²) in [7, 11) is 0. The van der Waals surface area contributed by atoms with E-state index in [1.54, 1.807) is 0 Å². The summed E-state index contributed by atoms with van der Waals surface area (Å²) in [6, 6.07) is 8.40. The van der Waals surface area contributed by atoms with Gasteiger partial charge in [0.05, 0.1) is 26.4 Å². The minimum atomic E-state index is -0.283. The van der Waals surface area contributed by atoms with Gasteiger partial charge in [0.25, 0.3) is 0 Å². The van der Waals surface area contributed by atoms with Gasteiger partial charge in [-0.3, -0.25) is 0 Å². The Morgan fingerprint density at radius 2 is 1.37 bits per heavy atom. The zero-order valence-corrected chi connectivity index (χ0v) is 17.7. The molecule has 4 heteroatoms. The highest BCUT2D eigenvalue weighted by Crippen LogP contribution is 2.16. The van der Waals surface area contributed by atoms with E-state index >= 15 is 0 Å². The van der Waals surface area contributed by atoms with Crippen LogP contribution in [0.4, 0.5) is 0 Å². The fourth-order valence-electron chi connectivity index (χ4n) is 2.88. The molecule has 4 nitrogen and oxygen atoms in total. The van der Waals surface area contributed by atoms with Crippen molar-refractivity contribution in [3.8, 4) is 5.75 Å². The lowest BCUT2D eigenvalue weighted by Crippen LogP contribution is -2.19. The Balaban J connectivity index is 2.07. The molecule has 0 bridgehead atoms. The normalized spacial score (nSPS) is 12.3. The Hall–Kier alpha value is -1.10. The zero-order valence-electron chi connectivity index (χ0n) is 17.7. The van der Waals surface area contributed by atoms with E-state index in [1.165, 1.54) is 50.5 Å². The molecule has 0 aromatic heterocycles. The second-order valence-corrected chi connectivity index (χ2v) is 6.88. The first-order chi connectivity index (χ1) is 13.3. The summed E-state index contributed by atoms with van der Waals surface area (Å²) in [5, 5.41) is 0. The van der Waals surface area contributed by atoms with Crippen molar-refractivity contribution in [3.05, 3.63) is 29.8 Å². The molecule has 1 aromatic carbocycles. The van der Waals surface area contributed by atoms with Gasteiger partial charge in [-0.05, 0) is 44.4 Å². The quantitative estimate of drug-likeness (QED) is 0.239. The van der Waals surface area contributed by atoms with Crippen LogP contribution in [-0.2, 0) is 20.6 Å². The maximum atomic E-state index is 5.79. The average molecular weight is 381 g/mol. The van der Waals surface area contributed by atoms with Crippen molar-refractivity contribution in [2.75, 3.05) is 33.0 Å².